The van der Waals surface area contributed by atoms with Crippen molar-refractivity contribution in [3.05, 3.63) is 18.2 Å². The molecule has 0 radical (unpaired) electrons. The van der Waals surface area contributed by atoms with Crippen LogP contribution in [0.1, 0.15) is 40.4 Å². The van der Waals surface area contributed by atoms with E-state index in [2.05, 4.69) is 44.3 Å². The lowest BCUT2D eigenvalue weighted by atomic mass is 10.2. The Balaban J connectivity index is 2.32. The van der Waals surface area contributed by atoms with E-state index >= 15 is 0 Å². The SMILES string of the molecule is CN=C(NCCNC(=O)OC(C)(C)C)NCc1nccn1CC(C)C. The molecular weight excluding hydrogens is 320 g/mol. The first-order valence-electron chi connectivity index (χ1n) is 8.62. The van der Waals surface area contributed by atoms with E-state index in [0.29, 0.717) is 31.5 Å². The highest BCUT2D eigenvalue weighted by molar-refractivity contribution is 5.79. The quantitative estimate of drug-likeness (QED) is 0.395. The van der Waals surface area contributed by atoms with Gasteiger partial charge in [0.25, 0.3) is 0 Å². The van der Waals surface area contributed by atoms with Gasteiger partial charge in [-0.15, -0.1) is 0 Å². The van der Waals surface area contributed by atoms with E-state index in [9.17, 15) is 4.79 Å². The van der Waals surface area contributed by atoms with E-state index in [-0.39, 0.29) is 0 Å². The lowest BCUT2D eigenvalue weighted by Crippen LogP contribution is -2.42. The Labute approximate surface area is 150 Å². The minimum Gasteiger partial charge on any atom is -0.444 e. The van der Waals surface area contributed by atoms with E-state index < -0.39 is 11.7 Å². The molecule has 0 saturated heterocycles. The van der Waals surface area contributed by atoms with E-state index in [1.165, 1.54) is 0 Å². The van der Waals surface area contributed by atoms with Crippen LogP contribution >= 0.6 is 0 Å². The summed E-state index contributed by atoms with van der Waals surface area (Å²) in [5.74, 6) is 2.18. The minimum absolute atomic E-state index is 0.423. The van der Waals surface area contributed by atoms with E-state index in [0.717, 1.165) is 12.4 Å². The Morgan fingerprint density at radius 2 is 1.96 bits per heavy atom. The summed E-state index contributed by atoms with van der Waals surface area (Å²) < 4.78 is 7.31. The third kappa shape index (κ3) is 8.97. The van der Waals surface area contributed by atoms with Gasteiger partial charge in [0, 0.05) is 39.1 Å². The third-order valence-corrected chi connectivity index (χ3v) is 3.09. The molecule has 3 N–H and O–H groups in total. The summed E-state index contributed by atoms with van der Waals surface area (Å²) in [5, 5.41) is 9.06. The number of imidazole rings is 1. The van der Waals surface area contributed by atoms with Crippen molar-refractivity contribution in [1.82, 2.24) is 25.5 Å². The van der Waals surface area contributed by atoms with Crippen LogP contribution in [0.4, 0.5) is 4.79 Å². The number of amides is 1. The lowest BCUT2D eigenvalue weighted by molar-refractivity contribution is 0.0529. The molecule has 8 heteroatoms. The van der Waals surface area contributed by atoms with Gasteiger partial charge in [-0.1, -0.05) is 13.8 Å². The summed E-state index contributed by atoms with van der Waals surface area (Å²) >= 11 is 0. The first-order chi connectivity index (χ1) is 11.7. The smallest absolute Gasteiger partial charge is 0.407 e. The van der Waals surface area contributed by atoms with Crippen LogP contribution in [0.5, 0.6) is 0 Å². The molecular formula is C17H32N6O2. The molecule has 1 aromatic rings. The van der Waals surface area contributed by atoms with Crippen molar-refractivity contribution in [1.29, 1.82) is 0 Å². The standard InChI is InChI=1S/C17H32N6O2/c1-13(2)12-23-10-9-19-14(23)11-22-15(18-6)20-7-8-21-16(24)25-17(3,4)5/h9-10,13H,7-8,11-12H2,1-6H3,(H,21,24)(H2,18,20,22). The monoisotopic (exact) mass is 352 g/mol. The summed E-state index contributed by atoms with van der Waals surface area (Å²) in [4.78, 5) is 20.1. The number of rotatable bonds is 7. The highest BCUT2D eigenvalue weighted by Gasteiger charge is 2.15. The first-order valence-corrected chi connectivity index (χ1v) is 8.62. The molecule has 0 bridgehead atoms. The summed E-state index contributed by atoms with van der Waals surface area (Å²) in [7, 11) is 1.71. The van der Waals surface area contributed by atoms with Crippen LogP contribution in [0.3, 0.4) is 0 Å². The van der Waals surface area contributed by atoms with Gasteiger partial charge in [-0.3, -0.25) is 4.99 Å². The van der Waals surface area contributed by atoms with Gasteiger partial charge in [-0.05, 0) is 26.7 Å². The van der Waals surface area contributed by atoms with Crippen LogP contribution in [-0.4, -0.2) is 47.3 Å². The molecule has 142 valence electrons. The van der Waals surface area contributed by atoms with Crippen LogP contribution < -0.4 is 16.0 Å². The predicted molar refractivity (Wildman–Crippen MR) is 99.5 cm³/mol. The van der Waals surface area contributed by atoms with E-state index in [1.54, 1.807) is 13.2 Å². The van der Waals surface area contributed by atoms with E-state index in [1.807, 2.05) is 27.0 Å². The maximum atomic E-state index is 11.6. The van der Waals surface area contributed by atoms with Gasteiger partial charge in [-0.25, -0.2) is 9.78 Å². The molecule has 0 aliphatic rings. The summed E-state index contributed by atoms with van der Waals surface area (Å²) in [6, 6.07) is 0. The van der Waals surface area contributed by atoms with Crippen molar-refractivity contribution < 1.29 is 9.53 Å². The molecule has 0 unspecified atom stereocenters. The molecule has 8 nitrogen and oxygen atoms in total. The summed E-state index contributed by atoms with van der Waals surface area (Å²) in [6.45, 7) is 12.3. The molecule has 0 fully saturated rings. The normalized spacial score (nSPS) is 12.2. The number of hydrogen-bond acceptors (Lipinski definition) is 4. The topological polar surface area (TPSA) is 92.6 Å². The van der Waals surface area contributed by atoms with Gasteiger partial charge in [0.15, 0.2) is 5.96 Å². The molecule has 0 atom stereocenters. The second kappa shape index (κ2) is 9.90. The van der Waals surface area contributed by atoms with Gasteiger partial charge in [-0.2, -0.15) is 0 Å². The fourth-order valence-corrected chi connectivity index (χ4v) is 2.11. The van der Waals surface area contributed by atoms with Crippen LogP contribution in [0.2, 0.25) is 0 Å². The van der Waals surface area contributed by atoms with Crippen molar-refractivity contribution in [2.75, 3.05) is 20.1 Å². The Hall–Kier alpha value is -2.25. The minimum atomic E-state index is -0.493. The van der Waals surface area contributed by atoms with Crippen LogP contribution in [0, 0.1) is 5.92 Å². The largest absolute Gasteiger partial charge is 0.444 e. The number of nitrogens with zero attached hydrogens (tertiary/aromatic N) is 3. The van der Waals surface area contributed by atoms with Crippen molar-refractivity contribution >= 4 is 12.1 Å². The maximum Gasteiger partial charge on any atom is 0.407 e. The average Bonchev–Trinajstić information content (AvgIpc) is 2.91. The zero-order chi connectivity index (χ0) is 18.9. The van der Waals surface area contributed by atoms with Gasteiger partial charge in [0.05, 0.1) is 6.54 Å². The third-order valence-electron chi connectivity index (χ3n) is 3.09. The fraction of sp³-hybridized carbons (Fsp3) is 0.706. The zero-order valence-corrected chi connectivity index (χ0v) is 16.2. The summed E-state index contributed by atoms with van der Waals surface area (Å²) in [5.41, 5.74) is -0.493. The number of aliphatic imine (C=N–C) groups is 1. The van der Waals surface area contributed by atoms with Gasteiger partial charge in [0.1, 0.15) is 11.4 Å². The van der Waals surface area contributed by atoms with Gasteiger partial charge >= 0.3 is 6.09 Å². The number of aromatic nitrogens is 2. The van der Waals surface area contributed by atoms with Crippen molar-refractivity contribution in [2.45, 2.75) is 53.3 Å². The van der Waals surface area contributed by atoms with Crippen LogP contribution in [0.25, 0.3) is 0 Å². The Bertz CT molecular complexity index is 560. The van der Waals surface area contributed by atoms with Crippen LogP contribution in [-0.2, 0) is 17.8 Å². The number of ether oxygens (including phenoxy) is 1. The number of carbonyl (C=O) groups excluding carboxylic acids is 1. The average molecular weight is 352 g/mol. The second-order valence-corrected chi connectivity index (χ2v) is 7.17. The van der Waals surface area contributed by atoms with E-state index in [4.69, 9.17) is 4.74 Å². The second-order valence-electron chi connectivity index (χ2n) is 7.17. The Kier molecular flexibility index (Phi) is 8.24. The molecule has 1 rings (SSSR count). The molecule has 0 aliphatic heterocycles. The molecule has 1 aromatic heterocycles. The molecule has 1 heterocycles. The number of carbonyl (C=O) groups is 1. The molecule has 25 heavy (non-hydrogen) atoms. The molecule has 0 aromatic carbocycles. The highest BCUT2D eigenvalue weighted by Crippen LogP contribution is 2.06. The summed E-state index contributed by atoms with van der Waals surface area (Å²) in [6.07, 6.45) is 3.37. The van der Waals surface area contributed by atoms with Crippen LogP contribution in [0.15, 0.2) is 17.4 Å². The maximum absolute atomic E-state index is 11.6. The van der Waals surface area contributed by atoms with Crippen molar-refractivity contribution in [2.24, 2.45) is 10.9 Å². The predicted octanol–water partition coefficient (Wildman–Crippen LogP) is 1.73. The van der Waals surface area contributed by atoms with Crippen molar-refractivity contribution in [3.8, 4) is 0 Å². The number of nitrogens with one attached hydrogen (secondary N) is 3. The van der Waals surface area contributed by atoms with Gasteiger partial charge < -0.3 is 25.3 Å². The zero-order valence-electron chi connectivity index (χ0n) is 16.2. The number of guanidine groups is 1. The molecule has 0 spiro atoms. The molecule has 0 saturated carbocycles. The lowest BCUT2D eigenvalue weighted by Gasteiger charge is -2.20. The highest BCUT2D eigenvalue weighted by atomic mass is 16.6. The number of hydrogen-bond donors (Lipinski definition) is 3. The Morgan fingerprint density at radius 1 is 1.28 bits per heavy atom. The Morgan fingerprint density at radius 3 is 2.56 bits per heavy atom. The fourth-order valence-electron chi connectivity index (χ4n) is 2.11. The first kappa shape index (κ1) is 20.8. The van der Waals surface area contributed by atoms with Gasteiger partial charge in [0.2, 0.25) is 0 Å². The van der Waals surface area contributed by atoms with Crippen molar-refractivity contribution in [3.63, 3.8) is 0 Å². The molecule has 0 aliphatic carbocycles. The number of alkyl carbamates (subject to hydrolysis) is 1. The molecule has 1 amide bonds.